The zero-order chi connectivity index (χ0) is 10.8. The Bertz CT molecular complexity index is 249. The Hall–Kier alpha value is -1.06. The van der Waals surface area contributed by atoms with E-state index in [1.807, 2.05) is 20.8 Å². The molecular weight excluding hydrogens is 180 g/mol. The average molecular weight is 198 g/mol. The summed E-state index contributed by atoms with van der Waals surface area (Å²) in [7, 11) is 0. The molecule has 0 aromatic carbocycles. The molecule has 80 valence electrons. The highest BCUT2D eigenvalue weighted by molar-refractivity contribution is 5.86. The molecule has 1 heterocycles. The molecule has 0 saturated carbocycles. The summed E-state index contributed by atoms with van der Waals surface area (Å²) in [4.78, 5) is 22.9. The van der Waals surface area contributed by atoms with Crippen molar-refractivity contribution in [2.75, 3.05) is 6.54 Å². The summed E-state index contributed by atoms with van der Waals surface area (Å²) in [6.45, 7) is 6.37. The summed E-state index contributed by atoms with van der Waals surface area (Å²) >= 11 is 0. The van der Waals surface area contributed by atoms with Crippen LogP contribution in [-0.2, 0) is 9.59 Å². The van der Waals surface area contributed by atoms with E-state index in [1.165, 1.54) is 5.01 Å². The van der Waals surface area contributed by atoms with Gasteiger partial charge in [-0.2, -0.15) is 0 Å². The van der Waals surface area contributed by atoms with Gasteiger partial charge in [-0.3, -0.25) is 20.0 Å². The molecule has 1 rings (SSSR count). The average Bonchev–Trinajstić information content (AvgIpc) is 2.33. The van der Waals surface area contributed by atoms with Crippen LogP contribution in [0.5, 0.6) is 0 Å². The van der Waals surface area contributed by atoms with Gasteiger partial charge < -0.3 is 0 Å². The van der Waals surface area contributed by atoms with E-state index in [1.54, 1.807) is 0 Å². The van der Waals surface area contributed by atoms with E-state index in [9.17, 15) is 9.59 Å². The molecule has 1 aliphatic rings. The summed E-state index contributed by atoms with van der Waals surface area (Å²) in [5, 5.41) is 1.44. The number of rotatable bonds is 3. The predicted octanol–water partition coefficient (Wildman–Crippen LogP) is 1.08. The zero-order valence-corrected chi connectivity index (χ0v) is 9.09. The van der Waals surface area contributed by atoms with Gasteiger partial charge in [-0.15, -0.1) is 0 Å². The number of hydrogen-bond donors (Lipinski definition) is 1. The van der Waals surface area contributed by atoms with Crippen LogP contribution in [0.25, 0.3) is 0 Å². The Balaban J connectivity index is 2.49. The molecule has 0 aromatic rings. The van der Waals surface area contributed by atoms with E-state index in [2.05, 4.69) is 5.43 Å². The number of hydrogen-bond acceptors (Lipinski definition) is 2. The van der Waals surface area contributed by atoms with Crippen molar-refractivity contribution >= 4 is 11.8 Å². The maximum Gasteiger partial charge on any atom is 0.246 e. The smallest absolute Gasteiger partial charge is 0.246 e. The lowest BCUT2D eigenvalue weighted by atomic mass is 9.92. The third kappa shape index (κ3) is 2.25. The molecule has 14 heavy (non-hydrogen) atoms. The van der Waals surface area contributed by atoms with Crippen LogP contribution in [0.2, 0.25) is 0 Å². The lowest BCUT2D eigenvalue weighted by Crippen LogP contribution is -2.44. The first-order valence-electron chi connectivity index (χ1n) is 5.09. The third-order valence-corrected chi connectivity index (χ3v) is 2.52. The molecule has 0 spiro atoms. The van der Waals surface area contributed by atoms with Crippen molar-refractivity contribution in [2.45, 2.75) is 40.0 Å². The molecule has 0 atom stereocenters. The highest BCUT2D eigenvalue weighted by Gasteiger charge is 2.39. The molecule has 0 bridgehead atoms. The fourth-order valence-corrected chi connectivity index (χ4v) is 1.51. The van der Waals surface area contributed by atoms with Gasteiger partial charge in [0.25, 0.3) is 0 Å². The molecule has 0 aliphatic carbocycles. The molecule has 1 saturated heterocycles. The molecule has 1 aliphatic heterocycles. The number of hydrazine groups is 1. The second kappa shape index (κ2) is 3.98. The van der Waals surface area contributed by atoms with Gasteiger partial charge in [0, 0.05) is 18.4 Å². The summed E-state index contributed by atoms with van der Waals surface area (Å²) in [5.41, 5.74) is 2.31. The van der Waals surface area contributed by atoms with Gasteiger partial charge in [-0.25, -0.2) is 0 Å². The Kier molecular flexibility index (Phi) is 3.13. The van der Waals surface area contributed by atoms with E-state index in [0.29, 0.717) is 13.0 Å². The summed E-state index contributed by atoms with van der Waals surface area (Å²) < 4.78 is 0. The second-order valence-electron chi connectivity index (χ2n) is 4.38. The lowest BCUT2D eigenvalue weighted by Gasteiger charge is -2.19. The van der Waals surface area contributed by atoms with Crippen molar-refractivity contribution in [1.29, 1.82) is 0 Å². The largest absolute Gasteiger partial charge is 0.273 e. The molecule has 2 amide bonds. The van der Waals surface area contributed by atoms with Crippen LogP contribution >= 0.6 is 0 Å². The van der Waals surface area contributed by atoms with Gasteiger partial charge in [-0.1, -0.05) is 20.8 Å². The normalized spacial score (nSPS) is 19.9. The number of carbonyl (C=O) groups is 2. The minimum absolute atomic E-state index is 0.0157. The van der Waals surface area contributed by atoms with Crippen molar-refractivity contribution in [3.05, 3.63) is 0 Å². The van der Waals surface area contributed by atoms with Gasteiger partial charge >= 0.3 is 0 Å². The summed E-state index contributed by atoms with van der Waals surface area (Å²) in [5.74, 6) is -0.0551. The maximum absolute atomic E-state index is 11.7. The van der Waals surface area contributed by atoms with Crippen molar-refractivity contribution in [2.24, 2.45) is 5.41 Å². The minimum Gasteiger partial charge on any atom is -0.273 e. The molecule has 0 aromatic heterocycles. The quantitative estimate of drug-likeness (QED) is 0.737. The van der Waals surface area contributed by atoms with Crippen molar-refractivity contribution in [1.82, 2.24) is 10.4 Å². The first kappa shape index (κ1) is 11.0. The summed E-state index contributed by atoms with van der Waals surface area (Å²) in [6, 6.07) is 0. The van der Waals surface area contributed by atoms with Crippen LogP contribution in [-0.4, -0.2) is 23.4 Å². The molecule has 0 unspecified atom stereocenters. The minimum atomic E-state index is -0.320. The summed E-state index contributed by atoms with van der Waals surface area (Å²) in [6.07, 6.45) is 2.08. The molecule has 1 N–H and O–H groups in total. The van der Waals surface area contributed by atoms with Crippen LogP contribution in [0.1, 0.15) is 40.0 Å². The number of carbonyl (C=O) groups excluding carboxylic acids is 2. The SMILES string of the molecule is CCCC(=O)NN1CCC(C)(C)C1=O. The highest BCUT2D eigenvalue weighted by Crippen LogP contribution is 2.29. The van der Waals surface area contributed by atoms with Crippen molar-refractivity contribution in [3.63, 3.8) is 0 Å². The monoisotopic (exact) mass is 198 g/mol. The molecule has 0 radical (unpaired) electrons. The predicted molar refractivity (Wildman–Crippen MR) is 53.2 cm³/mol. The van der Waals surface area contributed by atoms with E-state index >= 15 is 0 Å². The van der Waals surface area contributed by atoms with E-state index < -0.39 is 0 Å². The Labute approximate surface area is 84.6 Å². The number of amides is 2. The van der Waals surface area contributed by atoms with Crippen LogP contribution in [0.15, 0.2) is 0 Å². The van der Waals surface area contributed by atoms with Crippen LogP contribution in [0.3, 0.4) is 0 Å². The third-order valence-electron chi connectivity index (χ3n) is 2.52. The maximum atomic E-state index is 11.7. The molecule has 1 fully saturated rings. The number of nitrogens with one attached hydrogen (secondary N) is 1. The van der Waals surface area contributed by atoms with Crippen LogP contribution < -0.4 is 5.43 Å². The Morgan fingerprint density at radius 1 is 1.57 bits per heavy atom. The first-order valence-corrected chi connectivity index (χ1v) is 5.09. The van der Waals surface area contributed by atoms with Gasteiger partial charge in [0.15, 0.2) is 0 Å². The number of nitrogens with zero attached hydrogens (tertiary/aromatic N) is 1. The van der Waals surface area contributed by atoms with Crippen molar-refractivity contribution < 1.29 is 9.59 Å². The topological polar surface area (TPSA) is 49.4 Å². The van der Waals surface area contributed by atoms with E-state index in [0.717, 1.165) is 12.8 Å². The Morgan fingerprint density at radius 3 is 2.64 bits per heavy atom. The molecular formula is C10H18N2O2. The van der Waals surface area contributed by atoms with Gasteiger partial charge in [0.2, 0.25) is 11.8 Å². The standard InChI is InChI=1S/C10H18N2O2/c1-4-5-8(13)11-12-7-6-10(2,3)9(12)14/h4-7H2,1-3H3,(H,11,13). The first-order chi connectivity index (χ1) is 6.47. The zero-order valence-electron chi connectivity index (χ0n) is 9.09. The molecule has 4 heteroatoms. The fourth-order valence-electron chi connectivity index (χ4n) is 1.51. The molecule has 4 nitrogen and oxygen atoms in total. The van der Waals surface area contributed by atoms with E-state index in [4.69, 9.17) is 0 Å². The Morgan fingerprint density at radius 2 is 2.21 bits per heavy atom. The van der Waals surface area contributed by atoms with E-state index in [-0.39, 0.29) is 17.2 Å². The lowest BCUT2D eigenvalue weighted by molar-refractivity contribution is -0.142. The second-order valence-corrected chi connectivity index (χ2v) is 4.38. The van der Waals surface area contributed by atoms with Crippen LogP contribution in [0.4, 0.5) is 0 Å². The van der Waals surface area contributed by atoms with Gasteiger partial charge in [-0.05, 0) is 12.8 Å². The fraction of sp³-hybridized carbons (Fsp3) is 0.800. The van der Waals surface area contributed by atoms with Gasteiger partial charge in [0.05, 0.1) is 0 Å². The highest BCUT2D eigenvalue weighted by atomic mass is 16.2. The van der Waals surface area contributed by atoms with Gasteiger partial charge in [0.1, 0.15) is 0 Å². The van der Waals surface area contributed by atoms with Crippen molar-refractivity contribution in [3.8, 4) is 0 Å². The van der Waals surface area contributed by atoms with Crippen LogP contribution in [0, 0.1) is 5.41 Å².